The molecule has 4 heteroatoms. The van der Waals surface area contributed by atoms with Gasteiger partial charge in [0.05, 0.1) is 10.7 Å². The maximum Gasteiger partial charge on any atom is 0.121 e. The lowest BCUT2D eigenvalue weighted by Gasteiger charge is -2.09. The average Bonchev–Trinajstić information content (AvgIpc) is 1.96. The van der Waals surface area contributed by atoms with Gasteiger partial charge in [0.1, 0.15) is 5.75 Å². The summed E-state index contributed by atoms with van der Waals surface area (Å²) in [6.45, 7) is 1.77. The normalized spacial score (nSPS) is 12.9. The van der Waals surface area contributed by atoms with Gasteiger partial charge in [0.15, 0.2) is 0 Å². The summed E-state index contributed by atoms with van der Waals surface area (Å²) < 4.78 is 0. The molecule has 1 aromatic rings. The van der Waals surface area contributed by atoms with Crippen LogP contribution in [0, 0.1) is 0 Å². The smallest absolute Gasteiger partial charge is 0.121 e. The molecular formula is C8H11ClN2O. The summed E-state index contributed by atoms with van der Waals surface area (Å²) >= 11 is 5.66. The molecule has 3 nitrogen and oxygen atoms in total. The van der Waals surface area contributed by atoms with E-state index in [0.29, 0.717) is 16.3 Å². The van der Waals surface area contributed by atoms with E-state index in [2.05, 4.69) is 0 Å². The van der Waals surface area contributed by atoms with Crippen molar-refractivity contribution in [2.24, 2.45) is 5.73 Å². The number of nitrogen functional groups attached to an aromatic ring is 1. The van der Waals surface area contributed by atoms with E-state index in [9.17, 15) is 5.11 Å². The monoisotopic (exact) mass is 186 g/mol. The van der Waals surface area contributed by atoms with E-state index in [-0.39, 0.29) is 11.8 Å². The lowest BCUT2D eigenvalue weighted by molar-refractivity contribution is 0.464. The second-order valence-corrected chi connectivity index (χ2v) is 3.13. The highest BCUT2D eigenvalue weighted by Gasteiger charge is 2.08. The van der Waals surface area contributed by atoms with E-state index < -0.39 is 0 Å². The predicted molar refractivity (Wildman–Crippen MR) is 50.1 cm³/mol. The highest BCUT2D eigenvalue weighted by atomic mass is 35.5. The van der Waals surface area contributed by atoms with Crippen molar-refractivity contribution in [1.29, 1.82) is 0 Å². The molecule has 1 rings (SSSR count). The van der Waals surface area contributed by atoms with E-state index >= 15 is 0 Å². The molecular weight excluding hydrogens is 176 g/mol. The van der Waals surface area contributed by atoms with Gasteiger partial charge in [-0.15, -0.1) is 0 Å². The minimum Gasteiger partial charge on any atom is -0.508 e. The molecule has 0 bridgehead atoms. The second-order valence-electron chi connectivity index (χ2n) is 2.72. The van der Waals surface area contributed by atoms with Gasteiger partial charge in [-0.2, -0.15) is 0 Å². The quantitative estimate of drug-likeness (QED) is 0.461. The molecule has 0 aromatic heterocycles. The molecule has 0 aliphatic carbocycles. The van der Waals surface area contributed by atoms with Gasteiger partial charge in [0, 0.05) is 17.7 Å². The molecule has 0 heterocycles. The van der Waals surface area contributed by atoms with Gasteiger partial charge in [0.2, 0.25) is 0 Å². The topological polar surface area (TPSA) is 72.3 Å². The van der Waals surface area contributed by atoms with E-state index in [1.807, 2.05) is 0 Å². The Morgan fingerprint density at radius 1 is 1.50 bits per heavy atom. The fraction of sp³-hybridized carbons (Fsp3) is 0.250. The summed E-state index contributed by atoms with van der Waals surface area (Å²) in [5.41, 5.74) is 12.1. The first kappa shape index (κ1) is 9.16. The van der Waals surface area contributed by atoms with Crippen LogP contribution in [0.5, 0.6) is 5.75 Å². The third-order valence-electron chi connectivity index (χ3n) is 1.64. The van der Waals surface area contributed by atoms with Crippen molar-refractivity contribution in [2.45, 2.75) is 13.0 Å². The molecule has 1 atom stereocenters. The number of hydrogen-bond donors (Lipinski definition) is 3. The zero-order valence-corrected chi connectivity index (χ0v) is 7.47. The number of anilines is 1. The average molecular weight is 187 g/mol. The molecule has 12 heavy (non-hydrogen) atoms. The summed E-state index contributed by atoms with van der Waals surface area (Å²) in [7, 11) is 0. The van der Waals surface area contributed by atoms with Crippen LogP contribution >= 0.6 is 11.6 Å². The van der Waals surface area contributed by atoms with Crippen molar-refractivity contribution >= 4 is 17.3 Å². The number of nitrogens with two attached hydrogens (primary N) is 2. The molecule has 0 spiro atoms. The minimum absolute atomic E-state index is 0.0872. The van der Waals surface area contributed by atoms with Gasteiger partial charge in [-0.1, -0.05) is 11.6 Å². The second kappa shape index (κ2) is 3.21. The van der Waals surface area contributed by atoms with Crippen LogP contribution in [-0.2, 0) is 0 Å². The van der Waals surface area contributed by atoms with Gasteiger partial charge in [-0.05, 0) is 13.0 Å². The van der Waals surface area contributed by atoms with Crippen molar-refractivity contribution in [2.75, 3.05) is 5.73 Å². The summed E-state index contributed by atoms with van der Waals surface area (Å²) in [6, 6.07) is 2.74. The van der Waals surface area contributed by atoms with Gasteiger partial charge >= 0.3 is 0 Å². The molecule has 0 saturated heterocycles. The molecule has 0 saturated carbocycles. The Kier molecular flexibility index (Phi) is 2.45. The number of aromatic hydroxyl groups is 1. The van der Waals surface area contributed by atoms with Crippen LogP contribution in [0.4, 0.5) is 5.69 Å². The van der Waals surface area contributed by atoms with E-state index in [0.717, 1.165) is 0 Å². The third-order valence-corrected chi connectivity index (χ3v) is 1.96. The van der Waals surface area contributed by atoms with Crippen molar-refractivity contribution < 1.29 is 5.11 Å². The van der Waals surface area contributed by atoms with E-state index in [1.165, 1.54) is 6.07 Å². The number of phenols is 1. The zero-order chi connectivity index (χ0) is 9.30. The number of benzene rings is 1. The van der Waals surface area contributed by atoms with Gasteiger partial charge in [-0.3, -0.25) is 0 Å². The first-order valence-corrected chi connectivity index (χ1v) is 3.93. The van der Waals surface area contributed by atoms with Gasteiger partial charge in [-0.25, -0.2) is 0 Å². The van der Waals surface area contributed by atoms with Crippen molar-refractivity contribution in [3.05, 3.63) is 22.7 Å². The molecule has 5 N–H and O–H groups in total. The largest absolute Gasteiger partial charge is 0.508 e. The van der Waals surface area contributed by atoms with Gasteiger partial charge in [0.25, 0.3) is 0 Å². The number of hydrogen-bond acceptors (Lipinski definition) is 3. The Morgan fingerprint density at radius 3 is 2.58 bits per heavy atom. The van der Waals surface area contributed by atoms with Crippen LogP contribution in [0.1, 0.15) is 18.5 Å². The van der Waals surface area contributed by atoms with Crippen molar-refractivity contribution in [3.8, 4) is 5.75 Å². The Labute approximate surface area is 75.9 Å². The van der Waals surface area contributed by atoms with Crippen LogP contribution in [0.15, 0.2) is 12.1 Å². The molecule has 1 aromatic carbocycles. The van der Waals surface area contributed by atoms with Crippen LogP contribution in [0.25, 0.3) is 0 Å². The first-order valence-electron chi connectivity index (χ1n) is 3.56. The summed E-state index contributed by atoms with van der Waals surface area (Å²) in [5, 5.41) is 9.71. The fourth-order valence-electron chi connectivity index (χ4n) is 0.962. The van der Waals surface area contributed by atoms with E-state index in [1.54, 1.807) is 13.0 Å². The van der Waals surface area contributed by atoms with Crippen molar-refractivity contribution in [3.63, 3.8) is 0 Å². The Hall–Kier alpha value is -0.930. The standard InChI is InChI=1S/C8H11ClN2O/c1-4(10)5-2-7(11)6(9)3-8(5)12/h2-4,12H,10-11H2,1H3/t4-/m1/s1. The Morgan fingerprint density at radius 2 is 2.08 bits per heavy atom. The molecule has 0 unspecified atom stereocenters. The summed E-state index contributed by atoms with van der Waals surface area (Å²) in [4.78, 5) is 0. The molecule has 0 aliphatic heterocycles. The summed E-state index contributed by atoms with van der Waals surface area (Å²) in [6.07, 6.45) is 0. The third kappa shape index (κ3) is 1.62. The SMILES string of the molecule is C[C@@H](N)c1cc(N)c(Cl)cc1O. The highest BCUT2D eigenvalue weighted by Crippen LogP contribution is 2.30. The minimum atomic E-state index is -0.246. The molecule has 0 radical (unpaired) electrons. The Balaban J connectivity index is 3.23. The lowest BCUT2D eigenvalue weighted by atomic mass is 10.1. The maximum absolute atomic E-state index is 9.37. The maximum atomic E-state index is 9.37. The zero-order valence-electron chi connectivity index (χ0n) is 6.71. The number of phenolic OH excluding ortho intramolecular Hbond substituents is 1. The van der Waals surface area contributed by atoms with Crippen molar-refractivity contribution in [1.82, 2.24) is 0 Å². The highest BCUT2D eigenvalue weighted by molar-refractivity contribution is 6.33. The molecule has 0 aliphatic rings. The predicted octanol–water partition coefficient (Wildman–Crippen LogP) is 1.65. The first-order chi connectivity index (χ1) is 5.52. The van der Waals surface area contributed by atoms with Crippen LogP contribution in [0.2, 0.25) is 5.02 Å². The summed E-state index contributed by atoms with van der Waals surface area (Å²) in [5.74, 6) is 0.0872. The number of rotatable bonds is 1. The van der Waals surface area contributed by atoms with Crippen LogP contribution < -0.4 is 11.5 Å². The number of halogens is 1. The molecule has 0 amide bonds. The fourth-order valence-corrected chi connectivity index (χ4v) is 1.12. The lowest BCUT2D eigenvalue weighted by Crippen LogP contribution is -2.05. The van der Waals surface area contributed by atoms with Crippen LogP contribution in [-0.4, -0.2) is 5.11 Å². The van der Waals surface area contributed by atoms with Gasteiger partial charge < -0.3 is 16.6 Å². The van der Waals surface area contributed by atoms with E-state index in [4.69, 9.17) is 23.1 Å². The molecule has 0 fully saturated rings. The van der Waals surface area contributed by atoms with Crippen LogP contribution in [0.3, 0.4) is 0 Å². The molecule has 66 valence electrons. The Bertz CT molecular complexity index is 299.